The minimum Gasteiger partial charge on any atom is -0.497 e. The highest BCUT2D eigenvalue weighted by Crippen LogP contribution is 2.34. The molecule has 5 heteroatoms. The van der Waals surface area contributed by atoms with Crippen LogP contribution < -0.4 is 4.74 Å². The summed E-state index contributed by atoms with van der Waals surface area (Å²) in [6.45, 7) is 3.62. The zero-order valence-corrected chi connectivity index (χ0v) is 19.4. The van der Waals surface area contributed by atoms with Crippen LogP contribution in [0.1, 0.15) is 49.8 Å². The molecular formula is C28H31N3O2. The van der Waals surface area contributed by atoms with Gasteiger partial charge in [0.25, 0.3) is 5.91 Å². The largest absolute Gasteiger partial charge is 0.497 e. The number of likely N-dealkylation sites (tertiary alicyclic amines) is 1. The van der Waals surface area contributed by atoms with Crippen LogP contribution in [0, 0.1) is 0 Å². The Morgan fingerprint density at radius 3 is 2.58 bits per heavy atom. The van der Waals surface area contributed by atoms with Gasteiger partial charge in [-0.1, -0.05) is 55.0 Å². The summed E-state index contributed by atoms with van der Waals surface area (Å²) in [5.41, 5.74) is 3.12. The van der Waals surface area contributed by atoms with E-state index in [4.69, 9.17) is 9.84 Å². The number of ether oxygens (including phenoxy) is 1. The first-order valence-corrected chi connectivity index (χ1v) is 11.9. The smallest absolute Gasteiger partial charge is 0.257 e. The van der Waals surface area contributed by atoms with Crippen LogP contribution in [0.15, 0.2) is 71.8 Å². The zero-order valence-electron chi connectivity index (χ0n) is 19.4. The molecule has 170 valence electrons. The molecular weight excluding hydrogens is 410 g/mol. The molecule has 0 bridgehead atoms. The summed E-state index contributed by atoms with van der Waals surface area (Å²) in [6.07, 6.45) is 4.26. The summed E-state index contributed by atoms with van der Waals surface area (Å²) in [4.78, 5) is 15.8. The Kier molecular flexibility index (Phi) is 6.14. The van der Waals surface area contributed by atoms with E-state index in [9.17, 15) is 4.79 Å². The summed E-state index contributed by atoms with van der Waals surface area (Å²) < 4.78 is 5.33. The first kappa shape index (κ1) is 21.7. The zero-order chi connectivity index (χ0) is 22.8. The maximum atomic E-state index is 13.5. The standard InChI is InChI=1S/C28H31N3O2/c1-20-7-5-6-16-30(20)19-28(32)31-27(22-12-14-25(33-2)15-13-22)18-26(29-31)24-11-10-21-8-3-4-9-23(21)17-24/h3-4,8-15,17,20,27H,5-7,16,18-19H2,1-2H3/t20-,27-/m1/s1. The van der Waals surface area contributed by atoms with Gasteiger partial charge < -0.3 is 4.74 Å². The number of fused-ring (bicyclic) bond motifs is 1. The maximum absolute atomic E-state index is 13.5. The fraction of sp³-hybridized carbons (Fsp3) is 0.357. The Morgan fingerprint density at radius 2 is 1.82 bits per heavy atom. The Morgan fingerprint density at radius 1 is 1.03 bits per heavy atom. The molecule has 5 nitrogen and oxygen atoms in total. The molecule has 0 spiro atoms. The third kappa shape index (κ3) is 4.51. The van der Waals surface area contributed by atoms with Crippen LogP contribution in [-0.4, -0.2) is 47.8 Å². The van der Waals surface area contributed by atoms with Crippen LogP contribution >= 0.6 is 0 Å². The monoisotopic (exact) mass is 441 g/mol. The summed E-state index contributed by atoms with van der Waals surface area (Å²) in [6, 6.07) is 23.1. The number of rotatable bonds is 5. The van der Waals surface area contributed by atoms with Crippen molar-refractivity contribution < 1.29 is 9.53 Å². The van der Waals surface area contributed by atoms with Crippen molar-refractivity contribution in [1.82, 2.24) is 9.91 Å². The number of carbonyl (C=O) groups excluding carboxylic acids is 1. The highest BCUT2D eigenvalue weighted by Gasteiger charge is 2.34. The molecule has 1 amide bonds. The molecule has 0 radical (unpaired) electrons. The summed E-state index contributed by atoms with van der Waals surface area (Å²) >= 11 is 0. The molecule has 2 aliphatic heterocycles. The van der Waals surface area contributed by atoms with E-state index in [-0.39, 0.29) is 11.9 Å². The second-order valence-corrected chi connectivity index (χ2v) is 9.16. The second kappa shape index (κ2) is 9.36. The Bertz CT molecular complexity index is 1170. The van der Waals surface area contributed by atoms with Gasteiger partial charge in [-0.05, 0) is 66.4 Å². The van der Waals surface area contributed by atoms with Gasteiger partial charge in [0, 0.05) is 12.5 Å². The first-order chi connectivity index (χ1) is 16.1. The molecule has 1 fully saturated rings. The lowest BCUT2D eigenvalue weighted by atomic mass is 9.97. The second-order valence-electron chi connectivity index (χ2n) is 9.16. The number of nitrogens with zero attached hydrogens (tertiary/aromatic N) is 3. The molecule has 2 atom stereocenters. The lowest BCUT2D eigenvalue weighted by Crippen LogP contribution is -2.44. The molecule has 0 aliphatic carbocycles. The van der Waals surface area contributed by atoms with Gasteiger partial charge in [-0.15, -0.1) is 0 Å². The Labute approximate surface area is 195 Å². The van der Waals surface area contributed by atoms with E-state index in [0.29, 0.717) is 19.0 Å². The molecule has 33 heavy (non-hydrogen) atoms. The predicted octanol–water partition coefficient (Wildman–Crippen LogP) is 5.40. The normalized spacial score (nSPS) is 21.3. The predicted molar refractivity (Wildman–Crippen MR) is 133 cm³/mol. The quantitative estimate of drug-likeness (QED) is 0.532. The van der Waals surface area contributed by atoms with Crippen molar-refractivity contribution in [3.05, 3.63) is 77.9 Å². The Balaban J connectivity index is 1.45. The topological polar surface area (TPSA) is 45.1 Å². The molecule has 2 heterocycles. The van der Waals surface area contributed by atoms with Crippen LogP contribution in [0.5, 0.6) is 5.75 Å². The number of benzene rings is 3. The number of carbonyl (C=O) groups is 1. The summed E-state index contributed by atoms with van der Waals surface area (Å²) in [5.74, 6) is 0.882. The Hall–Kier alpha value is -3.18. The molecule has 0 aromatic heterocycles. The third-order valence-electron chi connectivity index (χ3n) is 7.03. The van der Waals surface area contributed by atoms with Crippen molar-refractivity contribution in [2.75, 3.05) is 20.2 Å². The summed E-state index contributed by atoms with van der Waals surface area (Å²) in [5, 5.41) is 9.02. The molecule has 2 aliphatic rings. The number of amides is 1. The van der Waals surface area contributed by atoms with Gasteiger partial charge in [-0.2, -0.15) is 5.10 Å². The number of hydrazone groups is 1. The molecule has 3 aromatic rings. The van der Waals surface area contributed by atoms with E-state index in [2.05, 4.69) is 54.3 Å². The van der Waals surface area contributed by atoms with Gasteiger partial charge in [-0.3, -0.25) is 9.69 Å². The van der Waals surface area contributed by atoms with Crippen LogP contribution in [0.4, 0.5) is 0 Å². The van der Waals surface area contributed by atoms with Gasteiger partial charge in [0.1, 0.15) is 5.75 Å². The van der Waals surface area contributed by atoms with Gasteiger partial charge in [0.05, 0.1) is 25.4 Å². The van der Waals surface area contributed by atoms with Crippen LogP contribution in [0.2, 0.25) is 0 Å². The number of hydrogen-bond donors (Lipinski definition) is 0. The van der Waals surface area contributed by atoms with E-state index < -0.39 is 0 Å². The van der Waals surface area contributed by atoms with E-state index in [1.54, 1.807) is 12.1 Å². The number of methoxy groups -OCH3 is 1. The van der Waals surface area contributed by atoms with Crippen molar-refractivity contribution in [2.24, 2.45) is 5.10 Å². The van der Waals surface area contributed by atoms with E-state index in [0.717, 1.165) is 42.0 Å². The van der Waals surface area contributed by atoms with Gasteiger partial charge in [0.15, 0.2) is 0 Å². The van der Waals surface area contributed by atoms with Crippen molar-refractivity contribution in [3.8, 4) is 5.75 Å². The first-order valence-electron chi connectivity index (χ1n) is 11.9. The molecule has 5 rings (SSSR count). The minimum absolute atomic E-state index is 0.0698. The molecule has 0 N–H and O–H groups in total. The number of hydrogen-bond acceptors (Lipinski definition) is 4. The lowest BCUT2D eigenvalue weighted by Gasteiger charge is -2.34. The molecule has 1 saturated heterocycles. The van der Waals surface area contributed by atoms with Crippen molar-refractivity contribution in [2.45, 2.75) is 44.7 Å². The minimum atomic E-state index is -0.107. The van der Waals surface area contributed by atoms with Crippen LogP contribution in [-0.2, 0) is 4.79 Å². The van der Waals surface area contributed by atoms with Crippen molar-refractivity contribution in [3.63, 3.8) is 0 Å². The molecule has 0 saturated carbocycles. The fourth-order valence-electron chi connectivity index (χ4n) is 5.01. The van der Waals surface area contributed by atoms with E-state index >= 15 is 0 Å². The van der Waals surface area contributed by atoms with Crippen molar-refractivity contribution in [1.29, 1.82) is 0 Å². The third-order valence-corrected chi connectivity index (χ3v) is 7.03. The SMILES string of the molecule is COc1ccc([C@H]2CC(c3ccc4ccccc4c3)=NN2C(=O)CN2CCCC[C@H]2C)cc1. The fourth-order valence-corrected chi connectivity index (χ4v) is 5.01. The van der Waals surface area contributed by atoms with Crippen LogP contribution in [0.25, 0.3) is 10.8 Å². The molecule has 0 unspecified atom stereocenters. The van der Waals surface area contributed by atoms with E-state index in [1.165, 1.54) is 17.2 Å². The van der Waals surface area contributed by atoms with E-state index in [1.807, 2.05) is 24.3 Å². The van der Waals surface area contributed by atoms with Crippen molar-refractivity contribution >= 4 is 22.4 Å². The highest BCUT2D eigenvalue weighted by molar-refractivity contribution is 6.05. The van der Waals surface area contributed by atoms with Gasteiger partial charge in [-0.25, -0.2) is 5.01 Å². The average Bonchev–Trinajstić information content (AvgIpc) is 3.31. The lowest BCUT2D eigenvalue weighted by molar-refractivity contribution is -0.135. The molecule has 3 aromatic carbocycles. The van der Waals surface area contributed by atoms with Gasteiger partial charge in [0.2, 0.25) is 0 Å². The highest BCUT2D eigenvalue weighted by atomic mass is 16.5. The summed E-state index contributed by atoms with van der Waals surface area (Å²) in [7, 11) is 1.67. The average molecular weight is 442 g/mol. The number of piperidine rings is 1. The maximum Gasteiger partial charge on any atom is 0.257 e. The van der Waals surface area contributed by atoms with Gasteiger partial charge >= 0.3 is 0 Å². The van der Waals surface area contributed by atoms with Crippen LogP contribution in [0.3, 0.4) is 0 Å².